The summed E-state index contributed by atoms with van der Waals surface area (Å²) in [4.78, 5) is 24.2. The summed E-state index contributed by atoms with van der Waals surface area (Å²) in [7, 11) is 0. The van der Waals surface area contributed by atoms with Crippen LogP contribution in [0, 0.1) is 5.92 Å². The highest BCUT2D eigenvalue weighted by Gasteiger charge is 2.27. The Morgan fingerprint density at radius 3 is 2.97 bits per heavy atom. The summed E-state index contributed by atoms with van der Waals surface area (Å²) in [5, 5.41) is 3.08. The fourth-order valence-electron chi connectivity index (χ4n) is 3.91. The number of carbonyl (C=O) groups is 1. The highest BCUT2D eigenvalue weighted by Crippen LogP contribution is 2.26. The SMILES string of the molecule is CCOc1ccccc1CNC(=O)C1CCc2nc(N3CCOCC3)ncc2C1. The van der Waals surface area contributed by atoms with E-state index >= 15 is 0 Å². The van der Waals surface area contributed by atoms with Crippen molar-refractivity contribution < 1.29 is 14.3 Å². The average molecular weight is 396 g/mol. The Bertz CT molecular complexity index is 852. The van der Waals surface area contributed by atoms with Crippen molar-refractivity contribution in [3.63, 3.8) is 0 Å². The van der Waals surface area contributed by atoms with Gasteiger partial charge in [0.15, 0.2) is 0 Å². The van der Waals surface area contributed by atoms with Gasteiger partial charge in [0.05, 0.1) is 19.8 Å². The van der Waals surface area contributed by atoms with Crippen LogP contribution in [0.3, 0.4) is 0 Å². The lowest BCUT2D eigenvalue weighted by Gasteiger charge is -2.28. The van der Waals surface area contributed by atoms with Gasteiger partial charge in [0.25, 0.3) is 0 Å². The van der Waals surface area contributed by atoms with Gasteiger partial charge in [0.2, 0.25) is 11.9 Å². The standard InChI is InChI=1S/C22H28N4O3/c1-2-29-20-6-4-3-5-17(20)14-23-21(27)16-7-8-19-18(13-16)15-24-22(25-19)26-9-11-28-12-10-26/h3-6,15-16H,2,7-14H2,1H3,(H,23,27). The maximum absolute atomic E-state index is 12.7. The first-order valence-corrected chi connectivity index (χ1v) is 10.4. The zero-order valence-electron chi connectivity index (χ0n) is 16.9. The van der Waals surface area contributed by atoms with Gasteiger partial charge in [0.1, 0.15) is 5.75 Å². The van der Waals surface area contributed by atoms with Crippen molar-refractivity contribution in [3.05, 3.63) is 47.3 Å². The number of fused-ring (bicyclic) bond motifs is 1. The third kappa shape index (κ3) is 4.67. The second-order valence-corrected chi connectivity index (χ2v) is 7.44. The van der Waals surface area contributed by atoms with Crippen molar-refractivity contribution in [1.82, 2.24) is 15.3 Å². The smallest absolute Gasteiger partial charge is 0.225 e. The fourth-order valence-corrected chi connectivity index (χ4v) is 3.91. The van der Waals surface area contributed by atoms with Crippen LogP contribution in [0.1, 0.15) is 30.2 Å². The van der Waals surface area contributed by atoms with E-state index in [2.05, 4.69) is 15.2 Å². The van der Waals surface area contributed by atoms with Gasteiger partial charge in [-0.1, -0.05) is 18.2 Å². The Morgan fingerprint density at radius 2 is 2.14 bits per heavy atom. The molecule has 7 nitrogen and oxygen atoms in total. The van der Waals surface area contributed by atoms with Crippen molar-refractivity contribution in [2.75, 3.05) is 37.8 Å². The number of hydrogen-bond donors (Lipinski definition) is 1. The first-order chi connectivity index (χ1) is 14.2. The summed E-state index contributed by atoms with van der Waals surface area (Å²) in [6.07, 6.45) is 4.21. The Kier molecular flexibility index (Phi) is 6.24. The molecule has 1 atom stereocenters. The van der Waals surface area contributed by atoms with Crippen molar-refractivity contribution in [2.24, 2.45) is 5.92 Å². The first kappa shape index (κ1) is 19.6. The number of nitrogens with one attached hydrogen (secondary N) is 1. The number of benzene rings is 1. The number of hydrogen-bond acceptors (Lipinski definition) is 6. The Labute approximate surface area is 171 Å². The molecule has 1 unspecified atom stereocenters. The molecule has 1 amide bonds. The monoisotopic (exact) mass is 396 g/mol. The van der Waals surface area contributed by atoms with E-state index in [9.17, 15) is 4.79 Å². The number of morpholine rings is 1. The maximum atomic E-state index is 12.7. The van der Waals surface area contributed by atoms with Crippen LogP contribution < -0.4 is 15.0 Å². The normalized spacial score (nSPS) is 18.8. The number of anilines is 1. The highest BCUT2D eigenvalue weighted by molar-refractivity contribution is 5.79. The Hall–Kier alpha value is -2.67. The van der Waals surface area contributed by atoms with Crippen molar-refractivity contribution in [3.8, 4) is 5.75 Å². The number of amides is 1. The third-order valence-electron chi connectivity index (χ3n) is 5.53. The molecule has 0 saturated carbocycles. The van der Waals surface area contributed by atoms with E-state index in [4.69, 9.17) is 14.5 Å². The fraction of sp³-hybridized carbons (Fsp3) is 0.500. The molecule has 1 N–H and O–H groups in total. The lowest BCUT2D eigenvalue weighted by Crippen LogP contribution is -2.38. The van der Waals surface area contributed by atoms with E-state index in [0.29, 0.717) is 19.6 Å². The van der Waals surface area contributed by atoms with Gasteiger partial charge in [-0.3, -0.25) is 4.79 Å². The number of aryl methyl sites for hydroxylation is 1. The molecule has 4 rings (SSSR count). The number of nitrogens with zero attached hydrogens (tertiary/aromatic N) is 3. The first-order valence-electron chi connectivity index (χ1n) is 10.4. The zero-order valence-corrected chi connectivity index (χ0v) is 16.9. The van der Waals surface area contributed by atoms with Gasteiger partial charge in [-0.25, -0.2) is 9.97 Å². The van der Waals surface area contributed by atoms with Crippen molar-refractivity contribution in [1.29, 1.82) is 0 Å². The summed E-state index contributed by atoms with van der Waals surface area (Å²) in [5.74, 6) is 1.65. The van der Waals surface area contributed by atoms with E-state index in [0.717, 1.165) is 67.7 Å². The molecule has 1 aliphatic carbocycles. The summed E-state index contributed by atoms with van der Waals surface area (Å²) in [6.45, 7) is 6.13. The van der Waals surface area contributed by atoms with Crippen molar-refractivity contribution >= 4 is 11.9 Å². The Balaban J connectivity index is 1.36. The molecule has 2 aromatic rings. The van der Waals surface area contributed by atoms with Gasteiger partial charge in [-0.05, 0) is 37.8 Å². The molecular weight excluding hydrogens is 368 g/mol. The van der Waals surface area contributed by atoms with E-state index < -0.39 is 0 Å². The average Bonchev–Trinajstić information content (AvgIpc) is 2.78. The summed E-state index contributed by atoms with van der Waals surface area (Å²) in [6, 6.07) is 7.83. The van der Waals surface area contributed by atoms with Gasteiger partial charge >= 0.3 is 0 Å². The van der Waals surface area contributed by atoms with Gasteiger partial charge in [0, 0.05) is 43.0 Å². The molecule has 154 valence electrons. The van der Waals surface area contributed by atoms with E-state index in [-0.39, 0.29) is 11.8 Å². The number of aromatic nitrogens is 2. The summed E-state index contributed by atoms with van der Waals surface area (Å²) in [5.41, 5.74) is 3.16. The molecule has 7 heteroatoms. The predicted molar refractivity (Wildman–Crippen MR) is 110 cm³/mol. The van der Waals surface area contributed by atoms with Crippen LogP contribution in [0.4, 0.5) is 5.95 Å². The largest absolute Gasteiger partial charge is 0.494 e. The number of carbonyl (C=O) groups excluding carboxylic acids is 1. The molecule has 0 radical (unpaired) electrons. The van der Waals surface area contributed by atoms with Crippen LogP contribution in [-0.4, -0.2) is 48.8 Å². The summed E-state index contributed by atoms with van der Waals surface area (Å²) < 4.78 is 11.0. The molecule has 29 heavy (non-hydrogen) atoms. The minimum absolute atomic E-state index is 0.0420. The maximum Gasteiger partial charge on any atom is 0.225 e. The van der Waals surface area contributed by atoms with Gasteiger partial charge in [-0.2, -0.15) is 0 Å². The lowest BCUT2D eigenvalue weighted by atomic mass is 9.86. The van der Waals surface area contributed by atoms with E-state index in [1.54, 1.807) is 0 Å². The van der Waals surface area contributed by atoms with Gasteiger partial charge in [-0.15, -0.1) is 0 Å². The van der Waals surface area contributed by atoms with E-state index in [1.807, 2.05) is 37.4 Å². The number of para-hydroxylation sites is 1. The second-order valence-electron chi connectivity index (χ2n) is 7.44. The quantitative estimate of drug-likeness (QED) is 0.806. The third-order valence-corrected chi connectivity index (χ3v) is 5.53. The van der Waals surface area contributed by atoms with E-state index in [1.165, 1.54) is 0 Å². The number of ether oxygens (including phenoxy) is 2. The lowest BCUT2D eigenvalue weighted by molar-refractivity contribution is -0.125. The Morgan fingerprint density at radius 1 is 1.31 bits per heavy atom. The number of rotatable bonds is 6. The molecule has 0 bridgehead atoms. The zero-order chi connectivity index (χ0) is 20.1. The highest BCUT2D eigenvalue weighted by atomic mass is 16.5. The topological polar surface area (TPSA) is 76.6 Å². The second kappa shape index (κ2) is 9.22. The molecule has 1 aromatic carbocycles. The molecule has 2 aliphatic rings. The van der Waals surface area contributed by atoms with Crippen molar-refractivity contribution in [2.45, 2.75) is 32.7 Å². The summed E-state index contributed by atoms with van der Waals surface area (Å²) >= 11 is 0. The van der Waals surface area contributed by atoms with Crippen LogP contribution in [-0.2, 0) is 28.9 Å². The van der Waals surface area contributed by atoms with Crippen LogP contribution in [0.5, 0.6) is 5.75 Å². The molecule has 1 aromatic heterocycles. The van der Waals surface area contributed by atoms with Crippen LogP contribution in [0.25, 0.3) is 0 Å². The van der Waals surface area contributed by atoms with Crippen LogP contribution >= 0.6 is 0 Å². The van der Waals surface area contributed by atoms with Gasteiger partial charge < -0.3 is 19.7 Å². The minimum atomic E-state index is -0.0420. The minimum Gasteiger partial charge on any atom is -0.494 e. The van der Waals surface area contributed by atoms with Crippen LogP contribution in [0.2, 0.25) is 0 Å². The van der Waals surface area contributed by atoms with Crippen LogP contribution in [0.15, 0.2) is 30.5 Å². The molecule has 2 heterocycles. The molecule has 1 fully saturated rings. The molecule has 1 saturated heterocycles. The predicted octanol–water partition coefficient (Wildman–Crippen LogP) is 2.13. The molecule has 0 spiro atoms. The molecular formula is C22H28N4O3. The molecule has 1 aliphatic heterocycles.